The average Bonchev–Trinajstić information content (AvgIpc) is 3.26. The monoisotopic (exact) mass is 433 g/mol. The number of thiazole rings is 1. The molecule has 3 aromatic rings. The van der Waals surface area contributed by atoms with Crippen LogP contribution in [0.4, 0.5) is 9.52 Å². The smallest absolute Gasteiger partial charge is 0.266 e. The van der Waals surface area contributed by atoms with Gasteiger partial charge in [-0.15, -0.1) is 11.3 Å². The van der Waals surface area contributed by atoms with Crippen LogP contribution in [0.15, 0.2) is 52.9 Å². The molecule has 0 N–H and O–H groups in total. The summed E-state index contributed by atoms with van der Waals surface area (Å²) in [6.45, 7) is -0.0811. The summed E-state index contributed by atoms with van der Waals surface area (Å²) in [5, 5.41) is 10.9. The average molecular weight is 433 g/mol. The highest BCUT2D eigenvalue weighted by atomic mass is 32.2. The Bertz CT molecular complexity index is 1160. The van der Waals surface area contributed by atoms with Gasteiger partial charge in [0.1, 0.15) is 23.4 Å². The van der Waals surface area contributed by atoms with Crippen LogP contribution in [-0.2, 0) is 16.6 Å². The van der Waals surface area contributed by atoms with E-state index in [0.717, 1.165) is 33.8 Å². The number of rotatable bonds is 7. The molecule has 1 heterocycles. The summed E-state index contributed by atoms with van der Waals surface area (Å²) in [5.74, 6) is 0.216. The Labute approximate surface area is 171 Å². The molecule has 0 aliphatic carbocycles. The zero-order valence-corrected chi connectivity index (χ0v) is 17.1. The van der Waals surface area contributed by atoms with Gasteiger partial charge in [-0.05, 0) is 30.3 Å². The van der Waals surface area contributed by atoms with E-state index < -0.39 is 15.8 Å². The zero-order chi connectivity index (χ0) is 21.0. The molecule has 3 rings (SSSR count). The molecule has 0 unspecified atom stereocenters. The molecule has 150 valence electrons. The predicted octanol–water partition coefficient (Wildman–Crippen LogP) is 3.57. The van der Waals surface area contributed by atoms with Gasteiger partial charge in [-0.3, -0.25) is 0 Å². The third-order valence-corrected chi connectivity index (χ3v) is 6.73. The summed E-state index contributed by atoms with van der Waals surface area (Å²) in [5.41, 5.74) is 0.224. The topological polar surface area (TPSA) is 92.5 Å². The SMILES string of the molecule is COc1ccc(CN(c2nccs2)S(=O)(=O)c2ccc(F)c(C#N)c2)c(OC)c1. The number of benzene rings is 2. The highest BCUT2D eigenvalue weighted by Gasteiger charge is 2.29. The number of halogens is 1. The van der Waals surface area contributed by atoms with Gasteiger partial charge < -0.3 is 9.47 Å². The molecule has 0 amide bonds. The first-order chi connectivity index (χ1) is 13.9. The van der Waals surface area contributed by atoms with Crippen LogP contribution in [0.25, 0.3) is 0 Å². The van der Waals surface area contributed by atoms with Gasteiger partial charge in [-0.2, -0.15) is 5.26 Å². The first kappa shape index (κ1) is 20.6. The maximum atomic E-state index is 13.7. The fraction of sp³-hybridized carbons (Fsp3) is 0.158. The van der Waals surface area contributed by atoms with E-state index in [2.05, 4.69) is 4.98 Å². The minimum absolute atomic E-state index is 0.0811. The van der Waals surface area contributed by atoms with E-state index in [1.54, 1.807) is 29.6 Å². The normalized spacial score (nSPS) is 11.0. The zero-order valence-electron chi connectivity index (χ0n) is 15.5. The van der Waals surface area contributed by atoms with Crippen LogP contribution in [0.2, 0.25) is 0 Å². The maximum Gasteiger partial charge on any atom is 0.266 e. The molecule has 29 heavy (non-hydrogen) atoms. The number of nitriles is 1. The van der Waals surface area contributed by atoms with Gasteiger partial charge in [0.05, 0.1) is 31.2 Å². The highest BCUT2D eigenvalue weighted by molar-refractivity contribution is 7.93. The largest absolute Gasteiger partial charge is 0.497 e. The van der Waals surface area contributed by atoms with Gasteiger partial charge in [-0.1, -0.05) is 0 Å². The molecule has 0 bridgehead atoms. The second-order valence-corrected chi connectivity index (χ2v) is 8.49. The van der Waals surface area contributed by atoms with E-state index in [-0.39, 0.29) is 22.1 Å². The number of methoxy groups -OCH3 is 2. The van der Waals surface area contributed by atoms with Gasteiger partial charge >= 0.3 is 0 Å². The van der Waals surface area contributed by atoms with E-state index in [1.807, 2.05) is 0 Å². The standard InChI is InChI=1S/C19H16FN3O4S2/c1-26-15-4-3-13(18(10-15)27-2)12-23(19-22-7-8-28-19)29(24,25)16-5-6-17(20)14(9-16)11-21/h3-10H,12H2,1-2H3. The molecule has 7 nitrogen and oxygen atoms in total. The Morgan fingerprint density at radius 3 is 2.62 bits per heavy atom. The van der Waals surface area contributed by atoms with E-state index in [1.165, 1.54) is 20.4 Å². The van der Waals surface area contributed by atoms with Crippen LogP contribution < -0.4 is 13.8 Å². The summed E-state index contributed by atoms with van der Waals surface area (Å²) >= 11 is 1.14. The molecule has 0 aliphatic rings. The van der Waals surface area contributed by atoms with Crippen molar-refractivity contribution in [2.24, 2.45) is 0 Å². The Morgan fingerprint density at radius 1 is 1.21 bits per heavy atom. The number of hydrogen-bond acceptors (Lipinski definition) is 7. The summed E-state index contributed by atoms with van der Waals surface area (Å²) in [6, 6.07) is 9.78. The van der Waals surface area contributed by atoms with Gasteiger partial charge in [0.25, 0.3) is 10.0 Å². The van der Waals surface area contributed by atoms with Gasteiger partial charge in [0.15, 0.2) is 5.13 Å². The highest BCUT2D eigenvalue weighted by Crippen LogP contribution is 2.32. The van der Waals surface area contributed by atoms with Gasteiger partial charge in [0, 0.05) is 23.2 Å². The predicted molar refractivity (Wildman–Crippen MR) is 106 cm³/mol. The van der Waals surface area contributed by atoms with Crippen LogP contribution in [0.1, 0.15) is 11.1 Å². The molecule has 10 heteroatoms. The Kier molecular flexibility index (Phi) is 6.00. The quantitative estimate of drug-likeness (QED) is 0.566. The second kappa shape index (κ2) is 8.46. The van der Waals surface area contributed by atoms with Crippen molar-refractivity contribution in [3.8, 4) is 17.6 Å². The lowest BCUT2D eigenvalue weighted by Crippen LogP contribution is -2.30. The van der Waals surface area contributed by atoms with Gasteiger partial charge in [-0.25, -0.2) is 22.1 Å². The third kappa shape index (κ3) is 4.16. The van der Waals surface area contributed by atoms with Gasteiger partial charge in [0.2, 0.25) is 0 Å². The van der Waals surface area contributed by atoms with Crippen LogP contribution >= 0.6 is 11.3 Å². The molecule has 2 aromatic carbocycles. The molecule has 1 aromatic heterocycles. The molecule has 0 radical (unpaired) electrons. The van der Waals surface area contributed by atoms with Crippen molar-refractivity contribution >= 4 is 26.5 Å². The molecule has 0 spiro atoms. The Balaban J connectivity index is 2.09. The van der Waals surface area contributed by atoms with Crippen LogP contribution in [0, 0.1) is 17.1 Å². The van der Waals surface area contributed by atoms with Crippen molar-refractivity contribution in [1.82, 2.24) is 4.98 Å². The lowest BCUT2D eigenvalue weighted by molar-refractivity contribution is 0.391. The fourth-order valence-electron chi connectivity index (χ4n) is 2.61. The molecule has 0 saturated heterocycles. The first-order valence-electron chi connectivity index (χ1n) is 8.23. The van der Waals surface area contributed by atoms with E-state index in [0.29, 0.717) is 17.1 Å². The first-order valence-corrected chi connectivity index (χ1v) is 10.6. The summed E-state index contributed by atoms with van der Waals surface area (Å²) in [4.78, 5) is 3.90. The third-order valence-electron chi connectivity index (χ3n) is 4.09. The van der Waals surface area contributed by atoms with Crippen molar-refractivity contribution in [3.05, 3.63) is 64.9 Å². The Hall–Kier alpha value is -3.16. The second-order valence-electron chi connectivity index (χ2n) is 5.76. The maximum absolute atomic E-state index is 13.7. The fourth-order valence-corrected chi connectivity index (χ4v) is 4.90. The van der Waals surface area contributed by atoms with E-state index >= 15 is 0 Å². The van der Waals surface area contributed by atoms with Crippen molar-refractivity contribution in [1.29, 1.82) is 5.26 Å². The van der Waals surface area contributed by atoms with E-state index in [9.17, 15) is 12.8 Å². The minimum atomic E-state index is -4.14. The molecule has 0 atom stereocenters. The number of sulfonamides is 1. The lowest BCUT2D eigenvalue weighted by atomic mass is 10.2. The van der Waals surface area contributed by atoms with Crippen molar-refractivity contribution in [3.63, 3.8) is 0 Å². The number of anilines is 1. The lowest BCUT2D eigenvalue weighted by Gasteiger charge is -2.23. The molecular formula is C19H16FN3O4S2. The van der Waals surface area contributed by atoms with Crippen LogP contribution in [-0.4, -0.2) is 27.6 Å². The summed E-state index contributed by atoms with van der Waals surface area (Å²) in [6.07, 6.45) is 1.49. The minimum Gasteiger partial charge on any atom is -0.497 e. The van der Waals surface area contributed by atoms with Crippen molar-refractivity contribution in [2.75, 3.05) is 18.5 Å². The van der Waals surface area contributed by atoms with E-state index in [4.69, 9.17) is 14.7 Å². The number of aromatic nitrogens is 1. The summed E-state index contributed by atoms with van der Waals surface area (Å²) < 4.78 is 52.0. The Morgan fingerprint density at radius 2 is 2.00 bits per heavy atom. The number of ether oxygens (including phenoxy) is 2. The molecule has 0 saturated carbocycles. The van der Waals surface area contributed by atoms with Crippen LogP contribution in [0.3, 0.4) is 0 Å². The van der Waals surface area contributed by atoms with Crippen LogP contribution in [0.5, 0.6) is 11.5 Å². The number of nitrogens with zero attached hydrogens (tertiary/aromatic N) is 3. The summed E-state index contributed by atoms with van der Waals surface area (Å²) in [7, 11) is -1.15. The van der Waals surface area contributed by atoms with Crippen molar-refractivity contribution < 1.29 is 22.3 Å². The molecule has 0 aliphatic heterocycles. The number of hydrogen-bond donors (Lipinski definition) is 0. The molecule has 0 fully saturated rings. The molecular weight excluding hydrogens is 417 g/mol. The van der Waals surface area contributed by atoms with Crippen molar-refractivity contribution in [2.45, 2.75) is 11.4 Å².